The highest BCUT2D eigenvalue weighted by Gasteiger charge is 2.31. The van der Waals surface area contributed by atoms with Crippen LogP contribution in [-0.4, -0.2) is 22.7 Å². The number of aliphatic hydroxyl groups excluding tert-OH is 1. The van der Waals surface area contributed by atoms with E-state index in [0.29, 0.717) is 0 Å². The maximum Gasteiger partial charge on any atom is 0.416 e. The van der Waals surface area contributed by atoms with Crippen molar-refractivity contribution in [3.63, 3.8) is 0 Å². The van der Waals surface area contributed by atoms with Crippen molar-refractivity contribution >= 4 is 17.4 Å². The monoisotopic (exact) mass is 254 g/mol. The molecular formula is C9H10ClF3N2O. The van der Waals surface area contributed by atoms with E-state index in [2.05, 4.69) is 10.3 Å². The van der Waals surface area contributed by atoms with Crippen LogP contribution in [0, 0.1) is 0 Å². The van der Waals surface area contributed by atoms with Crippen molar-refractivity contribution in [1.29, 1.82) is 0 Å². The zero-order valence-corrected chi connectivity index (χ0v) is 9.10. The van der Waals surface area contributed by atoms with E-state index in [0.717, 1.165) is 12.1 Å². The highest BCUT2D eigenvalue weighted by atomic mass is 35.5. The number of halogens is 4. The zero-order valence-electron chi connectivity index (χ0n) is 8.35. The Morgan fingerprint density at radius 2 is 2.12 bits per heavy atom. The Kier molecular flexibility index (Phi) is 3.98. The lowest BCUT2D eigenvalue weighted by Gasteiger charge is -2.11. The molecule has 1 rings (SSSR count). The Morgan fingerprint density at radius 3 is 2.62 bits per heavy atom. The van der Waals surface area contributed by atoms with Gasteiger partial charge in [-0.3, -0.25) is 0 Å². The molecule has 1 aromatic heterocycles. The van der Waals surface area contributed by atoms with Crippen molar-refractivity contribution in [2.75, 3.05) is 11.9 Å². The number of anilines is 1. The zero-order chi connectivity index (χ0) is 12.3. The largest absolute Gasteiger partial charge is 0.416 e. The molecule has 1 heterocycles. The standard InChI is InChI=1S/C9H10ClF3N2O/c1-5(16)4-14-8-3-6(9(11,12)13)2-7(10)15-8/h2-3,5,16H,4H2,1H3,(H,14,15). The molecule has 2 N–H and O–H groups in total. The predicted octanol–water partition coefficient (Wildman–Crippen LogP) is 2.55. The maximum atomic E-state index is 12.4. The van der Waals surface area contributed by atoms with E-state index in [1.807, 2.05) is 0 Å². The van der Waals surface area contributed by atoms with Crippen LogP contribution >= 0.6 is 11.6 Å². The molecule has 7 heteroatoms. The van der Waals surface area contributed by atoms with Crippen molar-refractivity contribution in [2.24, 2.45) is 0 Å². The van der Waals surface area contributed by atoms with Gasteiger partial charge in [0.05, 0.1) is 11.7 Å². The second-order valence-corrected chi connectivity index (χ2v) is 3.68. The molecule has 0 aliphatic heterocycles. The summed E-state index contributed by atoms with van der Waals surface area (Å²) in [4.78, 5) is 3.66. The molecule has 0 radical (unpaired) electrons. The van der Waals surface area contributed by atoms with Gasteiger partial charge >= 0.3 is 6.18 Å². The number of nitrogens with zero attached hydrogens (tertiary/aromatic N) is 1. The Bertz CT molecular complexity index is 368. The maximum absolute atomic E-state index is 12.4. The first-order chi connectivity index (χ1) is 7.29. The van der Waals surface area contributed by atoms with E-state index < -0.39 is 17.8 Å². The summed E-state index contributed by atoms with van der Waals surface area (Å²) in [5, 5.41) is 11.3. The molecule has 1 unspecified atom stereocenters. The van der Waals surface area contributed by atoms with E-state index >= 15 is 0 Å². The summed E-state index contributed by atoms with van der Waals surface area (Å²) in [6.45, 7) is 1.60. The van der Waals surface area contributed by atoms with Gasteiger partial charge in [0.15, 0.2) is 0 Å². The van der Waals surface area contributed by atoms with Crippen molar-refractivity contribution < 1.29 is 18.3 Å². The molecule has 0 fully saturated rings. The van der Waals surface area contributed by atoms with Crippen LogP contribution in [0.15, 0.2) is 12.1 Å². The molecule has 0 bridgehead atoms. The number of alkyl halides is 3. The molecule has 1 aromatic rings. The molecule has 0 amide bonds. The number of hydrogen-bond acceptors (Lipinski definition) is 3. The second kappa shape index (κ2) is 4.88. The average Bonchev–Trinajstić information content (AvgIpc) is 2.12. The van der Waals surface area contributed by atoms with E-state index in [-0.39, 0.29) is 17.5 Å². The molecule has 16 heavy (non-hydrogen) atoms. The molecule has 0 saturated carbocycles. The second-order valence-electron chi connectivity index (χ2n) is 3.29. The van der Waals surface area contributed by atoms with E-state index in [1.165, 1.54) is 6.92 Å². The summed E-state index contributed by atoms with van der Waals surface area (Å²) in [5.74, 6) is -0.0132. The fourth-order valence-corrected chi connectivity index (χ4v) is 1.21. The van der Waals surface area contributed by atoms with Gasteiger partial charge in [-0.25, -0.2) is 4.98 Å². The van der Waals surface area contributed by atoms with Crippen LogP contribution < -0.4 is 5.32 Å². The number of aliphatic hydroxyl groups is 1. The number of pyridine rings is 1. The van der Waals surface area contributed by atoms with Crippen molar-refractivity contribution in [3.8, 4) is 0 Å². The summed E-state index contributed by atoms with van der Waals surface area (Å²) in [6.07, 6.45) is -5.15. The van der Waals surface area contributed by atoms with Crippen LogP contribution in [0.25, 0.3) is 0 Å². The molecule has 0 spiro atoms. The normalized spacial score (nSPS) is 13.6. The van der Waals surface area contributed by atoms with Gasteiger partial charge in [0.2, 0.25) is 0 Å². The topological polar surface area (TPSA) is 45.1 Å². The van der Waals surface area contributed by atoms with E-state index in [1.54, 1.807) is 0 Å². The Balaban J connectivity index is 2.90. The third-order valence-corrected chi connectivity index (χ3v) is 1.89. The first kappa shape index (κ1) is 13.1. The minimum absolute atomic E-state index is 0.0132. The van der Waals surface area contributed by atoms with Crippen LogP contribution in [0.3, 0.4) is 0 Å². The van der Waals surface area contributed by atoms with Crippen LogP contribution in [0.4, 0.5) is 19.0 Å². The highest BCUT2D eigenvalue weighted by Crippen LogP contribution is 2.31. The third kappa shape index (κ3) is 3.86. The Hall–Kier alpha value is -1.01. The minimum Gasteiger partial charge on any atom is -0.392 e. The number of rotatable bonds is 3. The van der Waals surface area contributed by atoms with Gasteiger partial charge in [0.1, 0.15) is 11.0 Å². The van der Waals surface area contributed by atoms with Crippen LogP contribution in [0.5, 0.6) is 0 Å². The number of nitrogens with one attached hydrogen (secondary N) is 1. The smallest absolute Gasteiger partial charge is 0.392 e. The fourth-order valence-electron chi connectivity index (χ4n) is 1.00. The number of aromatic nitrogens is 1. The Morgan fingerprint density at radius 1 is 1.50 bits per heavy atom. The summed E-state index contributed by atoms with van der Waals surface area (Å²) in [5.41, 5.74) is -0.874. The van der Waals surface area contributed by atoms with E-state index in [4.69, 9.17) is 16.7 Å². The molecule has 0 aliphatic rings. The summed E-state index contributed by atoms with van der Waals surface area (Å²) < 4.78 is 37.1. The van der Waals surface area contributed by atoms with Gasteiger partial charge in [-0.05, 0) is 19.1 Å². The van der Waals surface area contributed by atoms with Gasteiger partial charge < -0.3 is 10.4 Å². The third-order valence-electron chi connectivity index (χ3n) is 1.70. The Labute approximate surface area is 95.3 Å². The first-order valence-electron chi connectivity index (χ1n) is 4.46. The lowest BCUT2D eigenvalue weighted by atomic mass is 10.2. The van der Waals surface area contributed by atoms with Gasteiger partial charge in [-0.2, -0.15) is 13.2 Å². The average molecular weight is 255 g/mol. The fraction of sp³-hybridized carbons (Fsp3) is 0.444. The van der Waals surface area contributed by atoms with Crippen molar-refractivity contribution in [2.45, 2.75) is 19.2 Å². The lowest BCUT2D eigenvalue weighted by molar-refractivity contribution is -0.137. The van der Waals surface area contributed by atoms with Crippen LogP contribution in [0.2, 0.25) is 5.15 Å². The van der Waals surface area contributed by atoms with Gasteiger partial charge in [0.25, 0.3) is 0 Å². The number of hydrogen-bond donors (Lipinski definition) is 2. The summed E-state index contributed by atoms with van der Waals surface area (Å²) in [6, 6.07) is 1.59. The minimum atomic E-state index is -4.46. The molecule has 3 nitrogen and oxygen atoms in total. The molecule has 0 saturated heterocycles. The summed E-state index contributed by atoms with van der Waals surface area (Å²) >= 11 is 5.46. The van der Waals surface area contributed by atoms with Crippen LogP contribution in [0.1, 0.15) is 12.5 Å². The van der Waals surface area contributed by atoms with Gasteiger partial charge in [0, 0.05) is 6.54 Å². The molecule has 90 valence electrons. The molecule has 1 atom stereocenters. The highest BCUT2D eigenvalue weighted by molar-refractivity contribution is 6.29. The summed E-state index contributed by atoms with van der Waals surface area (Å²) in [7, 11) is 0. The van der Waals surface area contributed by atoms with Gasteiger partial charge in [-0.15, -0.1) is 0 Å². The SMILES string of the molecule is CC(O)CNc1cc(C(F)(F)F)cc(Cl)n1. The molecule has 0 aromatic carbocycles. The van der Waals surface area contributed by atoms with Crippen molar-refractivity contribution in [3.05, 3.63) is 22.8 Å². The van der Waals surface area contributed by atoms with Gasteiger partial charge in [-0.1, -0.05) is 11.6 Å². The first-order valence-corrected chi connectivity index (χ1v) is 4.83. The lowest BCUT2D eigenvalue weighted by Crippen LogP contribution is -2.16. The van der Waals surface area contributed by atoms with Crippen LogP contribution in [-0.2, 0) is 6.18 Å². The quantitative estimate of drug-likeness (QED) is 0.815. The van der Waals surface area contributed by atoms with Crippen molar-refractivity contribution in [1.82, 2.24) is 4.98 Å². The predicted molar refractivity (Wildman–Crippen MR) is 54.4 cm³/mol. The molecular weight excluding hydrogens is 245 g/mol. The van der Waals surface area contributed by atoms with E-state index in [9.17, 15) is 13.2 Å². The molecule has 0 aliphatic carbocycles.